The van der Waals surface area contributed by atoms with Gasteiger partial charge >= 0.3 is 0 Å². The van der Waals surface area contributed by atoms with Gasteiger partial charge in [0, 0.05) is 31.4 Å². The van der Waals surface area contributed by atoms with E-state index in [1.54, 1.807) is 16.7 Å². The molecule has 2 heterocycles. The topological polar surface area (TPSA) is 63.2 Å². The zero-order valence-electron chi connectivity index (χ0n) is 13.2. The van der Waals surface area contributed by atoms with Gasteiger partial charge in [-0.2, -0.15) is 0 Å². The summed E-state index contributed by atoms with van der Waals surface area (Å²) in [4.78, 5) is 8.70. The predicted octanol–water partition coefficient (Wildman–Crippen LogP) is 2.49. The molecule has 1 aliphatic rings. The summed E-state index contributed by atoms with van der Waals surface area (Å²) in [5.41, 5.74) is 2.58. The molecule has 1 fully saturated rings. The molecule has 0 N–H and O–H groups in total. The summed E-state index contributed by atoms with van der Waals surface area (Å²) in [6, 6.07) is 9.33. The molecule has 0 amide bonds. The third kappa shape index (κ3) is 3.95. The lowest BCUT2D eigenvalue weighted by Gasteiger charge is -2.31. The maximum atomic E-state index is 12.7. The van der Waals surface area contributed by atoms with E-state index in [1.807, 2.05) is 37.3 Å². The van der Waals surface area contributed by atoms with E-state index >= 15 is 0 Å². The second-order valence-corrected chi connectivity index (χ2v) is 7.99. The Morgan fingerprint density at radius 1 is 1.22 bits per heavy atom. The highest BCUT2D eigenvalue weighted by molar-refractivity contribution is 7.88. The molecule has 1 unspecified atom stereocenters. The molecule has 1 aromatic heterocycles. The first-order valence-corrected chi connectivity index (χ1v) is 9.46. The highest BCUT2D eigenvalue weighted by Crippen LogP contribution is 2.27. The number of benzene rings is 1. The van der Waals surface area contributed by atoms with Gasteiger partial charge in [0.25, 0.3) is 0 Å². The smallest absolute Gasteiger partial charge is 0.218 e. The molecule has 1 aromatic carbocycles. The molecular formula is C17H21N3O2S. The summed E-state index contributed by atoms with van der Waals surface area (Å²) in [5.74, 6) is 0.182. The Bertz CT molecular complexity index is 762. The van der Waals surface area contributed by atoms with Crippen molar-refractivity contribution in [2.45, 2.75) is 31.4 Å². The van der Waals surface area contributed by atoms with E-state index in [0.29, 0.717) is 13.1 Å². The van der Waals surface area contributed by atoms with E-state index in [4.69, 9.17) is 0 Å². The fourth-order valence-electron chi connectivity index (χ4n) is 2.99. The molecule has 0 spiro atoms. The average Bonchev–Trinajstić information content (AvgIpc) is 2.55. The van der Waals surface area contributed by atoms with Crippen molar-refractivity contribution in [3.05, 3.63) is 59.7 Å². The normalized spacial score (nSPS) is 19.6. The maximum Gasteiger partial charge on any atom is 0.218 e. The Hall–Kier alpha value is -1.79. The second-order valence-electron chi connectivity index (χ2n) is 6.02. The van der Waals surface area contributed by atoms with Crippen LogP contribution in [0.4, 0.5) is 0 Å². The molecule has 3 rings (SSSR count). The van der Waals surface area contributed by atoms with E-state index in [9.17, 15) is 8.42 Å². The Labute approximate surface area is 137 Å². The largest absolute Gasteiger partial charge is 0.261 e. The van der Waals surface area contributed by atoms with Crippen molar-refractivity contribution in [2.24, 2.45) is 0 Å². The van der Waals surface area contributed by atoms with Crippen LogP contribution < -0.4 is 0 Å². The van der Waals surface area contributed by atoms with Crippen LogP contribution in [-0.2, 0) is 15.8 Å². The summed E-state index contributed by atoms with van der Waals surface area (Å²) < 4.78 is 27.0. The van der Waals surface area contributed by atoms with Gasteiger partial charge in [0.15, 0.2) is 0 Å². The summed E-state index contributed by atoms with van der Waals surface area (Å²) in [6.07, 6.45) is 5.28. The highest BCUT2D eigenvalue weighted by atomic mass is 32.2. The number of hydrogen-bond acceptors (Lipinski definition) is 4. The van der Waals surface area contributed by atoms with Crippen molar-refractivity contribution >= 4 is 10.0 Å². The number of aryl methyl sites for hydroxylation is 1. The fourth-order valence-corrected chi connectivity index (χ4v) is 4.60. The number of rotatable bonds is 4. The third-order valence-electron chi connectivity index (χ3n) is 4.16. The lowest BCUT2D eigenvalue weighted by atomic mass is 9.96. The standard InChI is InChI=1S/C17H21N3O2S/c1-14-10-18-11-17(19-14)16-8-5-9-20(12-16)23(21,22)13-15-6-3-2-4-7-15/h2-4,6-7,10-11,16H,5,8-9,12-13H2,1H3. The minimum absolute atomic E-state index is 0.0556. The maximum absolute atomic E-state index is 12.7. The van der Waals surface area contributed by atoms with Crippen molar-refractivity contribution in [1.82, 2.24) is 14.3 Å². The second kappa shape index (κ2) is 6.76. The number of aromatic nitrogens is 2. The van der Waals surface area contributed by atoms with Gasteiger partial charge in [-0.15, -0.1) is 0 Å². The first-order chi connectivity index (χ1) is 11.0. The lowest BCUT2D eigenvalue weighted by Crippen LogP contribution is -2.40. The summed E-state index contributed by atoms with van der Waals surface area (Å²) in [7, 11) is -3.30. The molecule has 1 saturated heterocycles. The van der Waals surface area contributed by atoms with Crippen molar-refractivity contribution in [3.63, 3.8) is 0 Å². The van der Waals surface area contributed by atoms with E-state index in [-0.39, 0.29) is 11.7 Å². The quantitative estimate of drug-likeness (QED) is 0.863. The van der Waals surface area contributed by atoms with Crippen molar-refractivity contribution in [3.8, 4) is 0 Å². The average molecular weight is 331 g/mol. The Morgan fingerprint density at radius 2 is 2.00 bits per heavy atom. The van der Waals surface area contributed by atoms with Crippen LogP contribution in [0.3, 0.4) is 0 Å². The minimum Gasteiger partial charge on any atom is -0.261 e. The van der Waals surface area contributed by atoms with Crippen LogP contribution in [0.25, 0.3) is 0 Å². The fraction of sp³-hybridized carbons (Fsp3) is 0.412. The van der Waals surface area contributed by atoms with Gasteiger partial charge in [0.1, 0.15) is 0 Å². The van der Waals surface area contributed by atoms with Crippen LogP contribution in [0.5, 0.6) is 0 Å². The molecule has 5 nitrogen and oxygen atoms in total. The molecule has 2 aromatic rings. The van der Waals surface area contributed by atoms with Gasteiger partial charge in [0.2, 0.25) is 10.0 Å². The molecule has 6 heteroatoms. The van der Waals surface area contributed by atoms with E-state index < -0.39 is 10.0 Å². The highest BCUT2D eigenvalue weighted by Gasteiger charge is 2.30. The molecular weight excluding hydrogens is 310 g/mol. The van der Waals surface area contributed by atoms with Gasteiger partial charge in [-0.1, -0.05) is 30.3 Å². The Kier molecular flexibility index (Phi) is 4.73. The van der Waals surface area contributed by atoms with Crippen LogP contribution in [0.15, 0.2) is 42.7 Å². The number of piperidine rings is 1. The first-order valence-electron chi connectivity index (χ1n) is 7.85. The lowest BCUT2D eigenvalue weighted by molar-refractivity contribution is 0.312. The summed E-state index contributed by atoms with van der Waals surface area (Å²) in [6.45, 7) is 2.99. The van der Waals surface area contributed by atoms with Crippen LogP contribution >= 0.6 is 0 Å². The van der Waals surface area contributed by atoms with E-state index in [1.165, 1.54) is 0 Å². The van der Waals surface area contributed by atoms with E-state index in [0.717, 1.165) is 29.8 Å². The van der Waals surface area contributed by atoms with E-state index in [2.05, 4.69) is 9.97 Å². The van der Waals surface area contributed by atoms with Crippen molar-refractivity contribution in [1.29, 1.82) is 0 Å². The number of hydrogen-bond donors (Lipinski definition) is 0. The molecule has 1 aliphatic heterocycles. The van der Waals surface area contributed by atoms with Gasteiger partial charge in [-0.3, -0.25) is 9.97 Å². The van der Waals surface area contributed by atoms with Crippen LogP contribution in [0.1, 0.15) is 35.7 Å². The SMILES string of the molecule is Cc1cncc(C2CCCN(S(=O)(=O)Cc3ccccc3)C2)n1. The van der Waals surface area contributed by atoms with Crippen molar-refractivity contribution < 1.29 is 8.42 Å². The Balaban J connectivity index is 1.75. The predicted molar refractivity (Wildman–Crippen MR) is 89.4 cm³/mol. The number of sulfonamides is 1. The molecule has 0 bridgehead atoms. The zero-order valence-corrected chi connectivity index (χ0v) is 14.0. The monoisotopic (exact) mass is 331 g/mol. The molecule has 0 radical (unpaired) electrons. The number of nitrogens with zero attached hydrogens (tertiary/aromatic N) is 3. The molecule has 0 aliphatic carbocycles. The minimum atomic E-state index is -3.30. The third-order valence-corrected chi connectivity index (χ3v) is 5.98. The van der Waals surface area contributed by atoms with Crippen molar-refractivity contribution in [2.75, 3.05) is 13.1 Å². The van der Waals surface area contributed by atoms with Crippen LogP contribution in [-0.4, -0.2) is 35.8 Å². The van der Waals surface area contributed by atoms with Gasteiger partial charge < -0.3 is 0 Å². The molecule has 0 saturated carbocycles. The molecule has 122 valence electrons. The van der Waals surface area contributed by atoms with Gasteiger partial charge in [-0.25, -0.2) is 12.7 Å². The summed E-state index contributed by atoms with van der Waals surface area (Å²) in [5, 5.41) is 0. The zero-order chi connectivity index (χ0) is 16.3. The Morgan fingerprint density at radius 3 is 2.74 bits per heavy atom. The molecule has 1 atom stereocenters. The van der Waals surface area contributed by atoms with Crippen LogP contribution in [0, 0.1) is 6.92 Å². The van der Waals surface area contributed by atoms with Crippen LogP contribution in [0.2, 0.25) is 0 Å². The van der Waals surface area contributed by atoms with Gasteiger partial charge in [0.05, 0.1) is 17.1 Å². The van der Waals surface area contributed by atoms with Gasteiger partial charge in [-0.05, 0) is 25.3 Å². The first kappa shape index (κ1) is 16.1. The molecule has 23 heavy (non-hydrogen) atoms. The summed E-state index contributed by atoms with van der Waals surface area (Å²) >= 11 is 0.